The van der Waals surface area contributed by atoms with Crippen molar-refractivity contribution in [1.82, 2.24) is 0 Å². The molecule has 0 aliphatic heterocycles. The van der Waals surface area contributed by atoms with E-state index >= 15 is 0 Å². The highest BCUT2D eigenvalue weighted by atomic mass is 19.4. The molecular weight excluding hydrogens is 271 g/mol. The van der Waals surface area contributed by atoms with Gasteiger partial charge in [0.1, 0.15) is 5.75 Å². The minimum atomic E-state index is -4.78. The van der Waals surface area contributed by atoms with E-state index in [2.05, 4.69) is 10.1 Å². The summed E-state index contributed by atoms with van der Waals surface area (Å²) in [4.78, 5) is 11.9. The van der Waals surface area contributed by atoms with Crippen LogP contribution in [0.5, 0.6) is 5.75 Å². The van der Waals surface area contributed by atoms with Crippen molar-refractivity contribution in [2.45, 2.75) is 6.36 Å². The van der Waals surface area contributed by atoms with Crippen molar-refractivity contribution >= 4 is 11.6 Å². The van der Waals surface area contributed by atoms with E-state index in [0.717, 1.165) is 12.1 Å². The van der Waals surface area contributed by atoms with Gasteiger partial charge in [-0.25, -0.2) is 0 Å². The van der Waals surface area contributed by atoms with Crippen molar-refractivity contribution in [1.29, 1.82) is 0 Å². The van der Waals surface area contributed by atoms with Gasteiger partial charge in [0, 0.05) is 11.3 Å². The van der Waals surface area contributed by atoms with Gasteiger partial charge in [0.15, 0.2) is 0 Å². The number of rotatable bonds is 3. The first-order valence-corrected chi connectivity index (χ1v) is 5.66. The number of benzene rings is 2. The number of halogens is 3. The Labute approximate surface area is 113 Å². The molecule has 2 aromatic rings. The van der Waals surface area contributed by atoms with E-state index in [1.54, 1.807) is 30.3 Å². The molecule has 0 atom stereocenters. The zero-order chi connectivity index (χ0) is 14.6. The predicted octanol–water partition coefficient (Wildman–Crippen LogP) is 3.84. The monoisotopic (exact) mass is 281 g/mol. The molecule has 0 radical (unpaired) electrons. The first kappa shape index (κ1) is 13.9. The van der Waals surface area contributed by atoms with Crippen LogP contribution in [0.2, 0.25) is 0 Å². The highest BCUT2D eigenvalue weighted by Gasteiger charge is 2.31. The first-order chi connectivity index (χ1) is 9.44. The van der Waals surface area contributed by atoms with E-state index in [0.29, 0.717) is 5.69 Å². The summed E-state index contributed by atoms with van der Waals surface area (Å²) in [6, 6.07) is 13.5. The first-order valence-electron chi connectivity index (χ1n) is 5.66. The van der Waals surface area contributed by atoms with Crippen LogP contribution in [0, 0.1) is 0 Å². The Morgan fingerprint density at radius 1 is 1.00 bits per heavy atom. The standard InChI is InChI=1S/C14H10F3NO2/c15-14(16,17)20-12-8-4-5-10(9-12)13(19)18-11-6-2-1-3-7-11/h1-9H,(H,18,19). The van der Waals surface area contributed by atoms with Crippen LogP contribution in [-0.4, -0.2) is 12.3 Å². The number of hydrogen-bond acceptors (Lipinski definition) is 2. The van der Waals surface area contributed by atoms with Gasteiger partial charge in [0.2, 0.25) is 0 Å². The maximum atomic E-state index is 12.1. The van der Waals surface area contributed by atoms with E-state index in [4.69, 9.17) is 0 Å². The van der Waals surface area contributed by atoms with Crippen LogP contribution in [0.15, 0.2) is 54.6 Å². The molecule has 0 unspecified atom stereocenters. The molecule has 2 rings (SSSR count). The fraction of sp³-hybridized carbons (Fsp3) is 0.0714. The van der Waals surface area contributed by atoms with E-state index in [-0.39, 0.29) is 5.56 Å². The van der Waals surface area contributed by atoms with E-state index in [1.807, 2.05) is 0 Å². The normalized spacial score (nSPS) is 10.9. The second kappa shape index (κ2) is 5.64. The number of alkyl halides is 3. The molecule has 1 N–H and O–H groups in total. The summed E-state index contributed by atoms with van der Waals surface area (Å²) in [6.07, 6.45) is -4.78. The molecule has 6 heteroatoms. The quantitative estimate of drug-likeness (QED) is 0.928. The minimum absolute atomic E-state index is 0.0793. The SMILES string of the molecule is O=C(Nc1ccccc1)c1cccc(OC(F)(F)F)c1. The Balaban J connectivity index is 2.12. The third-order valence-corrected chi connectivity index (χ3v) is 2.36. The average Bonchev–Trinajstić information content (AvgIpc) is 2.38. The molecule has 0 spiro atoms. The fourth-order valence-electron chi connectivity index (χ4n) is 1.56. The molecule has 3 nitrogen and oxygen atoms in total. The molecule has 0 aliphatic carbocycles. The van der Waals surface area contributed by atoms with Crippen molar-refractivity contribution in [2.75, 3.05) is 5.32 Å². The number of para-hydroxylation sites is 1. The molecule has 0 fully saturated rings. The Morgan fingerprint density at radius 3 is 2.35 bits per heavy atom. The Hall–Kier alpha value is -2.50. The van der Waals surface area contributed by atoms with Crippen LogP contribution in [0.1, 0.15) is 10.4 Å². The van der Waals surface area contributed by atoms with Crippen LogP contribution in [0.3, 0.4) is 0 Å². The summed E-state index contributed by atoms with van der Waals surface area (Å²) in [5, 5.41) is 2.57. The molecule has 1 amide bonds. The van der Waals surface area contributed by atoms with Crippen molar-refractivity contribution in [3.63, 3.8) is 0 Å². The van der Waals surface area contributed by atoms with Crippen molar-refractivity contribution < 1.29 is 22.7 Å². The van der Waals surface area contributed by atoms with Crippen molar-refractivity contribution in [3.05, 3.63) is 60.2 Å². The Bertz CT molecular complexity index is 597. The van der Waals surface area contributed by atoms with Crippen molar-refractivity contribution in [2.24, 2.45) is 0 Å². The number of nitrogens with one attached hydrogen (secondary N) is 1. The van der Waals surface area contributed by atoms with Crippen LogP contribution in [0.25, 0.3) is 0 Å². The van der Waals surface area contributed by atoms with Gasteiger partial charge in [-0.2, -0.15) is 0 Å². The number of anilines is 1. The molecule has 0 saturated heterocycles. The molecule has 0 saturated carbocycles. The van der Waals surface area contributed by atoms with E-state index < -0.39 is 18.0 Å². The molecule has 0 bridgehead atoms. The molecule has 0 heterocycles. The second-order valence-corrected chi connectivity index (χ2v) is 3.90. The summed E-state index contributed by atoms with van der Waals surface area (Å²) in [6.45, 7) is 0. The summed E-state index contributed by atoms with van der Waals surface area (Å²) in [5.41, 5.74) is 0.634. The third-order valence-electron chi connectivity index (χ3n) is 2.36. The summed E-state index contributed by atoms with van der Waals surface area (Å²) >= 11 is 0. The van der Waals surface area contributed by atoms with Gasteiger partial charge in [0.05, 0.1) is 0 Å². The average molecular weight is 281 g/mol. The lowest BCUT2D eigenvalue weighted by Gasteiger charge is -2.10. The molecule has 0 aromatic heterocycles. The number of carbonyl (C=O) groups excluding carboxylic acids is 1. The van der Waals surface area contributed by atoms with Crippen LogP contribution < -0.4 is 10.1 Å². The zero-order valence-corrected chi connectivity index (χ0v) is 10.1. The van der Waals surface area contributed by atoms with Gasteiger partial charge in [-0.05, 0) is 30.3 Å². The predicted molar refractivity (Wildman–Crippen MR) is 67.5 cm³/mol. The number of amides is 1. The number of carbonyl (C=O) groups is 1. The van der Waals surface area contributed by atoms with Crippen LogP contribution in [0.4, 0.5) is 18.9 Å². The fourth-order valence-corrected chi connectivity index (χ4v) is 1.56. The van der Waals surface area contributed by atoms with Crippen molar-refractivity contribution in [3.8, 4) is 5.75 Å². The zero-order valence-electron chi connectivity index (χ0n) is 10.1. The maximum Gasteiger partial charge on any atom is 0.573 e. The summed E-state index contributed by atoms with van der Waals surface area (Å²) in [7, 11) is 0. The third kappa shape index (κ3) is 4.01. The molecular formula is C14H10F3NO2. The van der Waals surface area contributed by atoms with Gasteiger partial charge in [0.25, 0.3) is 5.91 Å². The smallest absolute Gasteiger partial charge is 0.406 e. The van der Waals surface area contributed by atoms with Gasteiger partial charge in [-0.3, -0.25) is 4.79 Å². The minimum Gasteiger partial charge on any atom is -0.406 e. The topological polar surface area (TPSA) is 38.3 Å². The lowest BCUT2D eigenvalue weighted by molar-refractivity contribution is -0.274. The number of ether oxygens (including phenoxy) is 1. The largest absolute Gasteiger partial charge is 0.573 e. The maximum absolute atomic E-state index is 12.1. The number of hydrogen-bond donors (Lipinski definition) is 1. The van der Waals surface area contributed by atoms with E-state index in [9.17, 15) is 18.0 Å². The van der Waals surface area contributed by atoms with Crippen LogP contribution >= 0.6 is 0 Å². The molecule has 2 aromatic carbocycles. The van der Waals surface area contributed by atoms with Gasteiger partial charge >= 0.3 is 6.36 Å². The Morgan fingerprint density at radius 2 is 1.70 bits per heavy atom. The van der Waals surface area contributed by atoms with Gasteiger partial charge < -0.3 is 10.1 Å². The summed E-state index contributed by atoms with van der Waals surface area (Å²) < 4.78 is 40.1. The van der Waals surface area contributed by atoms with Gasteiger partial charge in [-0.15, -0.1) is 13.2 Å². The summed E-state index contributed by atoms with van der Waals surface area (Å²) in [5.74, 6) is -0.943. The molecule has 104 valence electrons. The van der Waals surface area contributed by atoms with E-state index in [1.165, 1.54) is 12.1 Å². The van der Waals surface area contributed by atoms with Gasteiger partial charge in [-0.1, -0.05) is 24.3 Å². The molecule has 20 heavy (non-hydrogen) atoms. The lowest BCUT2D eigenvalue weighted by atomic mass is 10.2. The second-order valence-electron chi connectivity index (χ2n) is 3.90. The van der Waals surface area contributed by atoms with Crippen LogP contribution in [-0.2, 0) is 0 Å². The molecule has 0 aliphatic rings. The Kier molecular flexibility index (Phi) is 3.93. The highest BCUT2D eigenvalue weighted by Crippen LogP contribution is 2.23. The lowest BCUT2D eigenvalue weighted by Crippen LogP contribution is -2.18. The highest BCUT2D eigenvalue weighted by molar-refractivity contribution is 6.04.